The topological polar surface area (TPSA) is 66.8 Å². The third-order valence-electron chi connectivity index (χ3n) is 2.47. The number of ether oxygens (including phenoxy) is 1. The number of halogens is 2. The summed E-state index contributed by atoms with van der Waals surface area (Å²) < 4.78 is 30.8. The van der Waals surface area contributed by atoms with Crippen LogP contribution in [-0.4, -0.2) is 46.7 Å². The molecule has 0 aromatic heterocycles. The number of alkyl halides is 2. The van der Waals surface area contributed by atoms with Crippen LogP contribution in [-0.2, 0) is 9.53 Å². The van der Waals surface area contributed by atoms with E-state index in [9.17, 15) is 18.4 Å². The van der Waals surface area contributed by atoms with Crippen LogP contribution in [0.2, 0.25) is 0 Å². The van der Waals surface area contributed by atoms with Crippen molar-refractivity contribution in [1.82, 2.24) is 4.90 Å². The molecule has 0 aromatic rings. The Morgan fingerprint density at radius 1 is 1.33 bits per heavy atom. The summed E-state index contributed by atoms with van der Waals surface area (Å²) in [6.45, 7) is 5.35. The van der Waals surface area contributed by atoms with Gasteiger partial charge in [-0.15, -0.1) is 0 Å². The van der Waals surface area contributed by atoms with Gasteiger partial charge in [0.05, 0.1) is 0 Å². The maximum absolute atomic E-state index is 12.9. The van der Waals surface area contributed by atoms with Crippen LogP contribution in [0.3, 0.4) is 0 Å². The normalized spacial score (nSPS) is 17.3. The van der Waals surface area contributed by atoms with Gasteiger partial charge in [0.1, 0.15) is 5.60 Å². The monoisotopic (exact) mass is 265 g/mol. The third-order valence-corrected chi connectivity index (χ3v) is 2.47. The van der Waals surface area contributed by atoms with Gasteiger partial charge in [0, 0.05) is 25.4 Å². The van der Waals surface area contributed by atoms with Gasteiger partial charge in [0.25, 0.3) is 0 Å². The minimum atomic E-state index is -3.73. The molecule has 0 spiro atoms. The molecule has 5 nitrogen and oxygen atoms in total. The highest BCUT2D eigenvalue weighted by Crippen LogP contribution is 2.30. The molecule has 1 N–H and O–H groups in total. The minimum absolute atomic E-state index is 0.109. The fourth-order valence-corrected chi connectivity index (χ4v) is 1.62. The number of carbonyl (C=O) groups is 2. The molecule has 18 heavy (non-hydrogen) atoms. The predicted octanol–water partition coefficient (Wildman–Crippen LogP) is 1.96. The molecule has 0 aromatic carbocycles. The van der Waals surface area contributed by atoms with Crippen molar-refractivity contribution in [2.45, 2.75) is 38.7 Å². The summed E-state index contributed by atoms with van der Waals surface area (Å²) in [5.41, 5.74) is -0.632. The first-order valence-electron chi connectivity index (χ1n) is 5.60. The van der Waals surface area contributed by atoms with Gasteiger partial charge in [-0.25, -0.2) is 9.59 Å². The molecule has 7 heteroatoms. The van der Waals surface area contributed by atoms with Crippen molar-refractivity contribution < 1.29 is 28.2 Å². The quantitative estimate of drug-likeness (QED) is 0.847. The number of nitrogens with zero attached hydrogens (tertiary/aromatic N) is 1. The van der Waals surface area contributed by atoms with Crippen LogP contribution in [0.5, 0.6) is 0 Å². The van der Waals surface area contributed by atoms with E-state index in [0.29, 0.717) is 0 Å². The van der Waals surface area contributed by atoms with E-state index in [2.05, 4.69) is 0 Å². The molecular weight excluding hydrogens is 248 g/mol. The molecule has 0 aliphatic carbocycles. The number of amides is 1. The minimum Gasteiger partial charge on any atom is -0.477 e. The molecule has 1 saturated heterocycles. The molecule has 1 amide bonds. The Morgan fingerprint density at radius 3 is 2.22 bits per heavy atom. The lowest BCUT2D eigenvalue weighted by Crippen LogP contribution is -2.53. The Labute approximate surface area is 104 Å². The first-order chi connectivity index (χ1) is 8.01. The lowest BCUT2D eigenvalue weighted by atomic mass is 9.93. The molecule has 0 saturated carbocycles. The van der Waals surface area contributed by atoms with Crippen molar-refractivity contribution >= 4 is 12.1 Å². The second kappa shape index (κ2) is 4.70. The average Bonchev–Trinajstić information content (AvgIpc) is 2.06. The Bertz CT molecular complexity index is 345. The SMILES string of the molecule is CC(C)(C)OC(=O)N1CC(CC(F)(F)C(=O)O)C1. The number of aliphatic carboxylic acids is 1. The number of rotatable bonds is 3. The van der Waals surface area contributed by atoms with Crippen molar-refractivity contribution in [3.05, 3.63) is 0 Å². The van der Waals surface area contributed by atoms with Gasteiger partial charge in [-0.05, 0) is 20.8 Å². The lowest BCUT2D eigenvalue weighted by Gasteiger charge is -2.40. The molecular formula is C11H17F2NO4. The Morgan fingerprint density at radius 2 is 1.83 bits per heavy atom. The van der Waals surface area contributed by atoms with Crippen molar-refractivity contribution in [3.63, 3.8) is 0 Å². The molecule has 0 unspecified atom stereocenters. The molecule has 104 valence electrons. The first kappa shape index (κ1) is 14.7. The number of hydrogen-bond acceptors (Lipinski definition) is 3. The fraction of sp³-hybridized carbons (Fsp3) is 0.818. The van der Waals surface area contributed by atoms with Crippen LogP contribution in [0.15, 0.2) is 0 Å². The Hall–Kier alpha value is -1.40. The summed E-state index contributed by atoms with van der Waals surface area (Å²) in [4.78, 5) is 23.0. The molecule has 1 aliphatic heterocycles. The van der Waals surface area contributed by atoms with E-state index in [1.807, 2.05) is 0 Å². The van der Waals surface area contributed by atoms with Crippen LogP contribution in [0.4, 0.5) is 13.6 Å². The summed E-state index contributed by atoms with van der Waals surface area (Å²) >= 11 is 0. The van der Waals surface area contributed by atoms with Crippen molar-refractivity contribution in [3.8, 4) is 0 Å². The van der Waals surface area contributed by atoms with Gasteiger partial charge in [-0.1, -0.05) is 0 Å². The predicted molar refractivity (Wildman–Crippen MR) is 58.5 cm³/mol. The smallest absolute Gasteiger partial charge is 0.410 e. The second-order valence-corrected chi connectivity index (χ2v) is 5.47. The summed E-state index contributed by atoms with van der Waals surface area (Å²) in [5.74, 6) is -6.35. The third kappa shape index (κ3) is 3.82. The Kier molecular flexibility index (Phi) is 3.83. The number of carboxylic acid groups (broad SMARTS) is 1. The molecule has 0 radical (unpaired) electrons. The van der Waals surface area contributed by atoms with Gasteiger partial charge in [-0.3, -0.25) is 0 Å². The van der Waals surface area contributed by atoms with E-state index in [4.69, 9.17) is 9.84 Å². The highest BCUT2D eigenvalue weighted by Gasteiger charge is 2.45. The van der Waals surface area contributed by atoms with E-state index >= 15 is 0 Å². The van der Waals surface area contributed by atoms with E-state index in [1.165, 1.54) is 4.90 Å². The molecule has 0 bridgehead atoms. The number of carbonyl (C=O) groups excluding carboxylic acids is 1. The van der Waals surface area contributed by atoms with Crippen LogP contribution in [0, 0.1) is 5.92 Å². The number of hydrogen-bond donors (Lipinski definition) is 1. The van der Waals surface area contributed by atoms with Gasteiger partial charge < -0.3 is 14.7 Å². The molecule has 1 rings (SSSR count). The average molecular weight is 265 g/mol. The summed E-state index contributed by atoms with van der Waals surface area (Å²) in [6, 6.07) is 0. The van der Waals surface area contributed by atoms with E-state index in [1.54, 1.807) is 20.8 Å². The molecule has 1 fully saturated rings. The summed E-state index contributed by atoms with van der Waals surface area (Å²) in [6.07, 6.45) is -1.31. The van der Waals surface area contributed by atoms with Crippen LogP contribution < -0.4 is 0 Å². The van der Waals surface area contributed by atoms with Crippen LogP contribution in [0.25, 0.3) is 0 Å². The van der Waals surface area contributed by atoms with Gasteiger partial charge in [0.2, 0.25) is 0 Å². The van der Waals surface area contributed by atoms with Crippen LogP contribution >= 0.6 is 0 Å². The molecule has 1 aliphatic rings. The number of carboxylic acids is 1. The highest BCUT2D eigenvalue weighted by atomic mass is 19.3. The highest BCUT2D eigenvalue weighted by molar-refractivity contribution is 5.75. The fourth-order valence-electron chi connectivity index (χ4n) is 1.62. The maximum Gasteiger partial charge on any atom is 0.410 e. The van der Waals surface area contributed by atoms with Crippen LogP contribution in [0.1, 0.15) is 27.2 Å². The van der Waals surface area contributed by atoms with Crippen molar-refractivity contribution in [1.29, 1.82) is 0 Å². The molecule has 1 heterocycles. The summed E-state index contributed by atoms with van der Waals surface area (Å²) in [7, 11) is 0. The zero-order chi connectivity index (χ0) is 14.1. The van der Waals surface area contributed by atoms with Crippen molar-refractivity contribution in [2.75, 3.05) is 13.1 Å². The van der Waals surface area contributed by atoms with Gasteiger partial charge >= 0.3 is 18.0 Å². The van der Waals surface area contributed by atoms with Gasteiger partial charge in [-0.2, -0.15) is 8.78 Å². The maximum atomic E-state index is 12.9. The zero-order valence-corrected chi connectivity index (χ0v) is 10.6. The standard InChI is InChI=1S/C11H17F2NO4/c1-10(2,3)18-9(17)14-5-7(6-14)4-11(12,13)8(15)16/h7H,4-6H2,1-3H3,(H,15,16). The zero-order valence-electron chi connectivity index (χ0n) is 10.6. The second-order valence-electron chi connectivity index (χ2n) is 5.47. The van der Waals surface area contributed by atoms with E-state index < -0.39 is 35.9 Å². The lowest BCUT2D eigenvalue weighted by molar-refractivity contribution is -0.169. The van der Waals surface area contributed by atoms with Crippen molar-refractivity contribution in [2.24, 2.45) is 5.92 Å². The summed E-state index contributed by atoms with van der Waals surface area (Å²) in [5, 5.41) is 8.28. The number of likely N-dealkylation sites (tertiary alicyclic amines) is 1. The largest absolute Gasteiger partial charge is 0.477 e. The molecule has 0 atom stereocenters. The van der Waals surface area contributed by atoms with E-state index in [-0.39, 0.29) is 13.1 Å². The van der Waals surface area contributed by atoms with E-state index in [0.717, 1.165) is 0 Å². The van der Waals surface area contributed by atoms with Gasteiger partial charge in [0.15, 0.2) is 0 Å². The first-order valence-corrected chi connectivity index (χ1v) is 5.60. The Balaban J connectivity index is 2.37.